The SMILES string of the molecule is C[Si](C)(C)O[C@H]1CC[C@@H]2[C@@H](C#N)C[C@H]1N2Cc1ccccc1. The summed E-state index contributed by atoms with van der Waals surface area (Å²) in [6.07, 6.45) is 3.49. The Labute approximate surface area is 135 Å². The summed E-state index contributed by atoms with van der Waals surface area (Å²) in [7, 11) is -1.55. The minimum atomic E-state index is -1.55. The van der Waals surface area contributed by atoms with Crippen molar-refractivity contribution in [3.05, 3.63) is 35.9 Å². The van der Waals surface area contributed by atoms with Crippen LogP contribution < -0.4 is 0 Å². The first kappa shape index (κ1) is 15.7. The van der Waals surface area contributed by atoms with Gasteiger partial charge in [-0.3, -0.25) is 4.90 Å². The van der Waals surface area contributed by atoms with E-state index in [-0.39, 0.29) is 5.92 Å². The van der Waals surface area contributed by atoms with Crippen LogP contribution in [0.3, 0.4) is 0 Å². The Balaban J connectivity index is 1.80. The number of fused-ring (bicyclic) bond motifs is 2. The first-order valence-electron chi connectivity index (χ1n) is 8.35. The second-order valence-electron chi connectivity index (χ2n) is 7.61. The van der Waals surface area contributed by atoms with Gasteiger partial charge in [0, 0.05) is 18.6 Å². The summed E-state index contributed by atoms with van der Waals surface area (Å²) in [5.41, 5.74) is 1.34. The van der Waals surface area contributed by atoms with Gasteiger partial charge in [0.05, 0.1) is 18.1 Å². The predicted molar refractivity (Wildman–Crippen MR) is 90.7 cm³/mol. The van der Waals surface area contributed by atoms with Crippen LogP contribution in [0.5, 0.6) is 0 Å². The van der Waals surface area contributed by atoms with E-state index in [1.54, 1.807) is 0 Å². The Morgan fingerprint density at radius 2 is 1.91 bits per heavy atom. The van der Waals surface area contributed by atoms with Crippen LogP contribution in [0.2, 0.25) is 19.6 Å². The molecule has 0 aromatic heterocycles. The molecule has 0 spiro atoms. The zero-order valence-electron chi connectivity index (χ0n) is 13.8. The molecule has 0 saturated carbocycles. The molecule has 1 aromatic rings. The smallest absolute Gasteiger partial charge is 0.184 e. The van der Waals surface area contributed by atoms with E-state index < -0.39 is 8.32 Å². The van der Waals surface area contributed by atoms with Gasteiger partial charge in [0.15, 0.2) is 8.32 Å². The molecule has 4 atom stereocenters. The first-order chi connectivity index (χ1) is 10.5. The normalized spacial score (nSPS) is 31.9. The molecule has 0 N–H and O–H groups in total. The van der Waals surface area contributed by atoms with Crippen LogP contribution in [0.25, 0.3) is 0 Å². The molecule has 1 aromatic carbocycles. The average Bonchev–Trinajstić information content (AvgIpc) is 2.70. The van der Waals surface area contributed by atoms with Gasteiger partial charge in [0.1, 0.15) is 0 Å². The minimum absolute atomic E-state index is 0.170. The summed E-state index contributed by atoms with van der Waals surface area (Å²) in [6, 6.07) is 14.0. The van der Waals surface area contributed by atoms with Crippen LogP contribution in [-0.2, 0) is 11.0 Å². The molecule has 2 bridgehead atoms. The molecule has 0 radical (unpaired) electrons. The highest BCUT2D eigenvalue weighted by molar-refractivity contribution is 6.69. The lowest BCUT2D eigenvalue weighted by Gasteiger charge is -2.42. The maximum Gasteiger partial charge on any atom is 0.184 e. The van der Waals surface area contributed by atoms with E-state index in [4.69, 9.17) is 4.43 Å². The fourth-order valence-electron chi connectivity index (χ4n) is 4.05. The molecule has 2 saturated heterocycles. The number of rotatable bonds is 4. The van der Waals surface area contributed by atoms with E-state index >= 15 is 0 Å². The van der Waals surface area contributed by atoms with Crippen LogP contribution in [0, 0.1) is 17.2 Å². The summed E-state index contributed by atoms with van der Waals surface area (Å²) in [4.78, 5) is 2.55. The second-order valence-corrected chi connectivity index (χ2v) is 12.1. The lowest BCUT2D eigenvalue weighted by molar-refractivity contribution is 0.0186. The third-order valence-corrected chi connectivity index (χ3v) is 5.88. The Kier molecular flexibility index (Phi) is 4.40. The number of nitriles is 1. The van der Waals surface area contributed by atoms with Gasteiger partial charge in [-0.2, -0.15) is 5.26 Å². The van der Waals surface area contributed by atoms with Crippen molar-refractivity contribution in [3.63, 3.8) is 0 Å². The van der Waals surface area contributed by atoms with Crippen molar-refractivity contribution in [1.29, 1.82) is 5.26 Å². The molecule has 3 rings (SSSR count). The van der Waals surface area contributed by atoms with Gasteiger partial charge in [-0.15, -0.1) is 0 Å². The average molecular weight is 315 g/mol. The standard InChI is InChI=1S/C18H26N2OSi/c1-22(2,3)21-18-10-9-16-15(12-19)11-17(18)20(16)13-14-7-5-4-6-8-14/h4-8,15-18H,9-11,13H2,1-3H3/t15-,16-,17-,18+/m1/s1. The Morgan fingerprint density at radius 3 is 2.55 bits per heavy atom. The first-order valence-corrected chi connectivity index (χ1v) is 11.8. The van der Waals surface area contributed by atoms with Crippen LogP contribution in [0.4, 0.5) is 0 Å². The topological polar surface area (TPSA) is 36.3 Å². The summed E-state index contributed by atoms with van der Waals surface area (Å²) in [6.45, 7) is 7.73. The van der Waals surface area contributed by atoms with Crippen molar-refractivity contribution >= 4 is 8.32 Å². The van der Waals surface area contributed by atoms with Crippen LogP contribution >= 0.6 is 0 Å². The highest BCUT2D eigenvalue weighted by atomic mass is 28.4. The van der Waals surface area contributed by atoms with Crippen LogP contribution in [0.1, 0.15) is 24.8 Å². The summed E-state index contributed by atoms with van der Waals surface area (Å²) < 4.78 is 6.46. The predicted octanol–water partition coefficient (Wildman–Crippen LogP) is 3.78. The third kappa shape index (κ3) is 3.27. The monoisotopic (exact) mass is 314 g/mol. The summed E-state index contributed by atoms with van der Waals surface area (Å²) in [5, 5.41) is 9.51. The largest absolute Gasteiger partial charge is 0.413 e. The lowest BCUT2D eigenvalue weighted by atomic mass is 9.97. The van der Waals surface area contributed by atoms with E-state index in [9.17, 15) is 5.26 Å². The Bertz CT molecular complexity index is 548. The van der Waals surface area contributed by atoms with Crippen molar-refractivity contribution < 1.29 is 4.43 Å². The molecule has 4 heteroatoms. The van der Waals surface area contributed by atoms with Crippen molar-refractivity contribution in [2.45, 2.75) is 63.6 Å². The van der Waals surface area contributed by atoms with E-state index in [0.29, 0.717) is 18.2 Å². The molecule has 2 aliphatic rings. The highest BCUT2D eigenvalue weighted by Crippen LogP contribution is 2.42. The maximum atomic E-state index is 9.51. The zero-order chi connectivity index (χ0) is 15.7. The van der Waals surface area contributed by atoms with E-state index in [0.717, 1.165) is 25.8 Å². The fraction of sp³-hybridized carbons (Fsp3) is 0.611. The van der Waals surface area contributed by atoms with Gasteiger partial charge in [-0.1, -0.05) is 30.3 Å². The van der Waals surface area contributed by atoms with Crippen LogP contribution in [-0.4, -0.2) is 31.4 Å². The van der Waals surface area contributed by atoms with E-state index in [2.05, 4.69) is 60.9 Å². The highest BCUT2D eigenvalue weighted by Gasteiger charge is 2.49. The number of benzene rings is 1. The summed E-state index contributed by atoms with van der Waals surface area (Å²) in [5.74, 6) is 0.170. The van der Waals surface area contributed by atoms with Crippen molar-refractivity contribution in [2.24, 2.45) is 5.92 Å². The van der Waals surface area contributed by atoms with Gasteiger partial charge in [-0.25, -0.2) is 0 Å². The van der Waals surface area contributed by atoms with Gasteiger partial charge < -0.3 is 4.43 Å². The second kappa shape index (κ2) is 6.15. The van der Waals surface area contributed by atoms with Gasteiger partial charge >= 0.3 is 0 Å². The van der Waals surface area contributed by atoms with E-state index in [1.807, 2.05) is 0 Å². The molecule has 0 unspecified atom stereocenters. The Hall–Kier alpha value is -1.15. The summed E-state index contributed by atoms with van der Waals surface area (Å²) >= 11 is 0. The number of piperidine rings is 1. The molecule has 0 aliphatic carbocycles. The molecule has 118 valence electrons. The molecule has 2 heterocycles. The maximum absolute atomic E-state index is 9.51. The molecule has 2 aliphatic heterocycles. The van der Waals surface area contributed by atoms with Crippen molar-refractivity contribution in [1.82, 2.24) is 4.90 Å². The van der Waals surface area contributed by atoms with Crippen LogP contribution in [0.15, 0.2) is 30.3 Å². The van der Waals surface area contributed by atoms with Crippen molar-refractivity contribution in [2.75, 3.05) is 0 Å². The molecular weight excluding hydrogens is 288 g/mol. The van der Waals surface area contributed by atoms with Crippen molar-refractivity contribution in [3.8, 4) is 6.07 Å². The number of nitrogens with zero attached hydrogens (tertiary/aromatic N) is 2. The number of hydrogen-bond donors (Lipinski definition) is 0. The number of hydrogen-bond acceptors (Lipinski definition) is 3. The molecule has 2 fully saturated rings. The Morgan fingerprint density at radius 1 is 1.18 bits per heavy atom. The van der Waals surface area contributed by atoms with Gasteiger partial charge in [0.2, 0.25) is 0 Å². The quantitative estimate of drug-likeness (QED) is 0.794. The molecule has 22 heavy (non-hydrogen) atoms. The third-order valence-electron chi connectivity index (χ3n) is 4.87. The molecular formula is C18H26N2OSi. The minimum Gasteiger partial charge on any atom is -0.413 e. The van der Waals surface area contributed by atoms with Gasteiger partial charge in [0.25, 0.3) is 0 Å². The van der Waals surface area contributed by atoms with Gasteiger partial charge in [-0.05, 0) is 44.5 Å². The lowest BCUT2D eigenvalue weighted by Crippen LogP contribution is -2.51. The zero-order valence-corrected chi connectivity index (χ0v) is 14.8. The molecule has 0 amide bonds. The van der Waals surface area contributed by atoms with E-state index in [1.165, 1.54) is 5.56 Å². The molecule has 3 nitrogen and oxygen atoms in total. The fourth-order valence-corrected chi connectivity index (χ4v) is 5.23.